The van der Waals surface area contributed by atoms with E-state index in [0.29, 0.717) is 18.3 Å². The zero-order chi connectivity index (χ0) is 19.3. The molecule has 0 aromatic carbocycles. The number of rotatable bonds is 5. The summed E-state index contributed by atoms with van der Waals surface area (Å²) in [5.41, 5.74) is 2.33. The van der Waals surface area contributed by atoms with E-state index in [4.69, 9.17) is 4.52 Å². The fraction of sp³-hybridized carbons (Fsp3) is 0.333. The summed E-state index contributed by atoms with van der Waals surface area (Å²) in [4.78, 5) is 24.9. The Balaban J connectivity index is 1.31. The first-order valence-electron chi connectivity index (χ1n) is 9.47. The van der Waals surface area contributed by atoms with Crippen molar-refractivity contribution in [1.29, 1.82) is 0 Å². The molecule has 28 heavy (non-hydrogen) atoms. The second-order valence-electron chi connectivity index (χ2n) is 7.07. The molecule has 1 saturated heterocycles. The van der Waals surface area contributed by atoms with Crippen LogP contribution in [0.3, 0.4) is 0 Å². The van der Waals surface area contributed by atoms with Gasteiger partial charge < -0.3 is 9.42 Å². The monoisotopic (exact) mass is 377 g/mol. The van der Waals surface area contributed by atoms with Crippen molar-refractivity contribution >= 4 is 5.91 Å². The van der Waals surface area contributed by atoms with E-state index in [-0.39, 0.29) is 5.91 Å². The molecule has 144 valence electrons. The van der Waals surface area contributed by atoms with Crippen LogP contribution in [0.5, 0.6) is 0 Å². The Labute approximate surface area is 164 Å². The molecular weight excluding hydrogens is 354 g/mol. The van der Waals surface area contributed by atoms with E-state index in [1.54, 1.807) is 24.7 Å². The molecule has 3 aromatic rings. The van der Waals surface area contributed by atoms with E-state index >= 15 is 0 Å². The third-order valence-electron chi connectivity index (χ3n) is 5.20. The van der Waals surface area contributed by atoms with E-state index in [9.17, 15) is 4.79 Å². The molecular formula is C21H23N5O2. The molecule has 0 N–H and O–H groups in total. The molecule has 4 rings (SSSR count). The Morgan fingerprint density at radius 2 is 1.96 bits per heavy atom. The zero-order valence-corrected chi connectivity index (χ0v) is 15.9. The highest BCUT2D eigenvalue weighted by Crippen LogP contribution is 2.22. The number of carbonyl (C=O) groups excluding carboxylic acids is 1. The van der Waals surface area contributed by atoms with Crippen LogP contribution >= 0.6 is 0 Å². The highest BCUT2D eigenvalue weighted by molar-refractivity contribution is 5.92. The lowest BCUT2D eigenvalue weighted by Crippen LogP contribution is -2.45. The zero-order valence-electron chi connectivity index (χ0n) is 15.9. The lowest BCUT2D eigenvalue weighted by atomic mass is 10.0. The molecule has 1 amide bonds. The van der Waals surface area contributed by atoms with Gasteiger partial charge in [0.05, 0.1) is 6.54 Å². The average molecular weight is 377 g/mol. The fourth-order valence-corrected chi connectivity index (χ4v) is 3.58. The van der Waals surface area contributed by atoms with Gasteiger partial charge in [-0.2, -0.15) is 0 Å². The first-order valence-corrected chi connectivity index (χ1v) is 9.47. The Kier molecular flexibility index (Phi) is 5.43. The van der Waals surface area contributed by atoms with Crippen LogP contribution in [-0.4, -0.2) is 57.0 Å². The Morgan fingerprint density at radius 1 is 1.18 bits per heavy atom. The summed E-state index contributed by atoms with van der Waals surface area (Å²) in [6.07, 6.45) is 7.01. The predicted octanol–water partition coefficient (Wildman–Crippen LogP) is 2.87. The first-order chi connectivity index (χ1) is 13.7. The van der Waals surface area contributed by atoms with Crippen LogP contribution in [0.25, 0.3) is 11.3 Å². The van der Waals surface area contributed by atoms with Crippen molar-refractivity contribution in [1.82, 2.24) is 24.9 Å². The van der Waals surface area contributed by atoms with Crippen molar-refractivity contribution in [3.05, 3.63) is 66.4 Å². The van der Waals surface area contributed by atoms with Crippen molar-refractivity contribution in [2.24, 2.45) is 0 Å². The van der Waals surface area contributed by atoms with Crippen LogP contribution in [-0.2, 0) is 6.54 Å². The van der Waals surface area contributed by atoms with Gasteiger partial charge in [-0.25, -0.2) is 0 Å². The van der Waals surface area contributed by atoms with E-state index in [1.165, 1.54) is 0 Å². The molecule has 0 radical (unpaired) electrons. The summed E-state index contributed by atoms with van der Waals surface area (Å²) in [6.45, 7) is 2.17. The summed E-state index contributed by atoms with van der Waals surface area (Å²) in [6, 6.07) is 11.7. The number of hydrogen-bond acceptors (Lipinski definition) is 6. The van der Waals surface area contributed by atoms with Gasteiger partial charge in [-0.3, -0.25) is 19.7 Å². The third kappa shape index (κ3) is 4.09. The Morgan fingerprint density at radius 3 is 2.68 bits per heavy atom. The summed E-state index contributed by atoms with van der Waals surface area (Å²) in [5, 5.41) is 4.16. The Hall–Kier alpha value is -3.06. The molecule has 1 aliphatic rings. The van der Waals surface area contributed by atoms with Gasteiger partial charge in [0.25, 0.3) is 5.91 Å². The van der Waals surface area contributed by atoms with Crippen molar-refractivity contribution in [2.75, 3.05) is 20.1 Å². The van der Waals surface area contributed by atoms with E-state index in [1.807, 2.05) is 35.2 Å². The fourth-order valence-electron chi connectivity index (χ4n) is 3.58. The van der Waals surface area contributed by atoms with Crippen LogP contribution in [0.2, 0.25) is 0 Å². The molecule has 1 fully saturated rings. The van der Waals surface area contributed by atoms with Crippen LogP contribution < -0.4 is 0 Å². The third-order valence-corrected chi connectivity index (χ3v) is 5.20. The van der Waals surface area contributed by atoms with E-state index in [2.05, 4.69) is 27.1 Å². The normalized spacial score (nSPS) is 15.1. The molecule has 1 aliphatic heterocycles. The van der Waals surface area contributed by atoms with Crippen LogP contribution in [0, 0.1) is 0 Å². The van der Waals surface area contributed by atoms with Gasteiger partial charge in [-0.15, -0.1) is 0 Å². The number of piperidine rings is 1. The lowest BCUT2D eigenvalue weighted by Gasteiger charge is -2.36. The van der Waals surface area contributed by atoms with Gasteiger partial charge in [-0.1, -0.05) is 11.2 Å². The van der Waals surface area contributed by atoms with Crippen molar-refractivity contribution in [3.8, 4) is 11.3 Å². The summed E-state index contributed by atoms with van der Waals surface area (Å²) in [5.74, 6) is 0.847. The smallest absolute Gasteiger partial charge is 0.272 e. The number of amides is 1. The molecule has 0 unspecified atom stereocenters. The highest BCUT2D eigenvalue weighted by Gasteiger charge is 2.26. The standard InChI is InChI=1S/C21H23N5O2/c1-25(15-18-14-20(24-28-18)16-5-10-22-11-6-16)17-7-12-26(13-8-17)21(27)19-4-2-3-9-23-19/h2-6,9-11,14,17H,7-8,12-13,15H2,1H3. The summed E-state index contributed by atoms with van der Waals surface area (Å²) >= 11 is 0. The quantitative estimate of drug-likeness (QED) is 0.681. The maximum Gasteiger partial charge on any atom is 0.272 e. The molecule has 7 nitrogen and oxygen atoms in total. The van der Waals surface area contributed by atoms with Crippen LogP contribution in [0.4, 0.5) is 0 Å². The van der Waals surface area contributed by atoms with E-state index < -0.39 is 0 Å². The van der Waals surface area contributed by atoms with Crippen LogP contribution in [0.15, 0.2) is 59.5 Å². The second kappa shape index (κ2) is 8.31. The van der Waals surface area contributed by atoms with E-state index in [0.717, 1.165) is 42.9 Å². The molecule has 0 bridgehead atoms. The predicted molar refractivity (Wildman–Crippen MR) is 104 cm³/mol. The van der Waals surface area contributed by atoms with Gasteiger partial charge in [0.2, 0.25) is 0 Å². The molecule has 0 spiro atoms. The van der Waals surface area contributed by atoms with Crippen molar-refractivity contribution < 1.29 is 9.32 Å². The topological polar surface area (TPSA) is 75.4 Å². The molecule has 0 aliphatic carbocycles. The molecule has 0 saturated carbocycles. The summed E-state index contributed by atoms with van der Waals surface area (Å²) < 4.78 is 5.51. The van der Waals surface area contributed by atoms with Crippen molar-refractivity contribution in [3.63, 3.8) is 0 Å². The highest BCUT2D eigenvalue weighted by atomic mass is 16.5. The minimum Gasteiger partial charge on any atom is -0.359 e. The minimum atomic E-state index is 0.0129. The largest absolute Gasteiger partial charge is 0.359 e. The number of likely N-dealkylation sites (tertiary alicyclic amines) is 1. The number of pyridine rings is 2. The van der Waals surface area contributed by atoms with Crippen molar-refractivity contribution in [2.45, 2.75) is 25.4 Å². The van der Waals surface area contributed by atoms with Gasteiger partial charge in [0, 0.05) is 49.4 Å². The molecule has 7 heteroatoms. The van der Waals surface area contributed by atoms with Crippen LogP contribution in [0.1, 0.15) is 29.1 Å². The van der Waals surface area contributed by atoms with Gasteiger partial charge >= 0.3 is 0 Å². The Bertz CT molecular complexity index is 905. The average Bonchev–Trinajstić information content (AvgIpc) is 3.23. The molecule has 3 aromatic heterocycles. The number of aromatic nitrogens is 3. The molecule has 0 atom stereocenters. The summed E-state index contributed by atoms with van der Waals surface area (Å²) in [7, 11) is 2.09. The molecule has 4 heterocycles. The maximum absolute atomic E-state index is 12.5. The number of carbonyl (C=O) groups is 1. The minimum absolute atomic E-state index is 0.0129. The maximum atomic E-state index is 12.5. The SMILES string of the molecule is CN(Cc1cc(-c2ccncc2)no1)C1CCN(C(=O)c2ccccn2)CC1. The van der Waals surface area contributed by atoms with Gasteiger partial charge in [0.1, 0.15) is 11.4 Å². The lowest BCUT2D eigenvalue weighted by molar-refractivity contribution is 0.0625. The number of hydrogen-bond donors (Lipinski definition) is 0. The first kappa shape index (κ1) is 18.3. The van der Waals surface area contributed by atoms with Gasteiger partial charge in [-0.05, 0) is 44.2 Å². The van der Waals surface area contributed by atoms with Gasteiger partial charge in [0.15, 0.2) is 5.76 Å². The number of nitrogens with zero attached hydrogens (tertiary/aromatic N) is 5. The second-order valence-corrected chi connectivity index (χ2v) is 7.07.